The van der Waals surface area contributed by atoms with Crippen molar-refractivity contribution in [2.45, 2.75) is 0 Å². The minimum Gasteiger partial charge on any atom is -0.486 e. The van der Waals surface area contributed by atoms with Crippen LogP contribution in [0.5, 0.6) is 11.5 Å². The van der Waals surface area contributed by atoms with Crippen LogP contribution < -0.4 is 9.47 Å². The summed E-state index contributed by atoms with van der Waals surface area (Å²) in [5, 5.41) is 6.38. The number of ether oxygens (including phenoxy) is 2. The van der Waals surface area contributed by atoms with Crippen LogP contribution in [0.15, 0.2) is 36.8 Å². The standard InChI is InChI=1S/C14H10IN3O2/c15-10-7-17-18(8-10)14-11-6-13-12(19-3-4-20-13)5-9(11)1-2-16-14/h1-2,5-8H,3-4H2. The summed E-state index contributed by atoms with van der Waals surface area (Å²) in [7, 11) is 0. The molecule has 1 aliphatic rings. The van der Waals surface area contributed by atoms with Crippen LogP contribution in [0.1, 0.15) is 0 Å². The van der Waals surface area contributed by atoms with Gasteiger partial charge in [-0.25, -0.2) is 9.67 Å². The molecule has 3 heterocycles. The average molecular weight is 379 g/mol. The Kier molecular flexibility index (Phi) is 2.76. The van der Waals surface area contributed by atoms with Crippen molar-refractivity contribution in [1.29, 1.82) is 0 Å². The van der Waals surface area contributed by atoms with Crippen LogP contribution >= 0.6 is 22.6 Å². The molecule has 0 spiro atoms. The molecule has 0 atom stereocenters. The smallest absolute Gasteiger partial charge is 0.162 e. The molecule has 0 unspecified atom stereocenters. The fourth-order valence-corrected chi connectivity index (χ4v) is 2.68. The van der Waals surface area contributed by atoms with E-state index in [1.54, 1.807) is 17.1 Å². The predicted molar refractivity (Wildman–Crippen MR) is 82.6 cm³/mol. The largest absolute Gasteiger partial charge is 0.486 e. The average Bonchev–Trinajstić information content (AvgIpc) is 2.91. The Balaban J connectivity index is 1.97. The van der Waals surface area contributed by atoms with Gasteiger partial charge in [-0.2, -0.15) is 5.10 Å². The van der Waals surface area contributed by atoms with E-state index >= 15 is 0 Å². The molecule has 0 amide bonds. The summed E-state index contributed by atoms with van der Waals surface area (Å²) in [5.41, 5.74) is 0. The first kappa shape index (κ1) is 12.0. The zero-order valence-electron chi connectivity index (χ0n) is 10.4. The number of hydrogen-bond acceptors (Lipinski definition) is 4. The van der Waals surface area contributed by atoms with Gasteiger partial charge in [-0.3, -0.25) is 0 Å². The van der Waals surface area contributed by atoms with Crippen LogP contribution in [0.25, 0.3) is 16.6 Å². The molecule has 3 aromatic rings. The molecule has 5 nitrogen and oxygen atoms in total. The maximum Gasteiger partial charge on any atom is 0.162 e. The predicted octanol–water partition coefficient (Wildman–Crippen LogP) is 2.80. The number of benzene rings is 1. The molecule has 2 aromatic heterocycles. The molecule has 1 aromatic carbocycles. The maximum absolute atomic E-state index is 5.64. The van der Waals surface area contributed by atoms with E-state index < -0.39 is 0 Å². The van der Waals surface area contributed by atoms with E-state index in [1.165, 1.54) is 0 Å². The highest BCUT2D eigenvalue weighted by atomic mass is 127. The maximum atomic E-state index is 5.64. The molecule has 0 radical (unpaired) electrons. The van der Waals surface area contributed by atoms with E-state index in [9.17, 15) is 0 Å². The van der Waals surface area contributed by atoms with Crippen LogP contribution in [0.4, 0.5) is 0 Å². The Morgan fingerprint density at radius 1 is 1.15 bits per heavy atom. The van der Waals surface area contributed by atoms with Crippen LogP contribution in [-0.2, 0) is 0 Å². The summed E-state index contributed by atoms with van der Waals surface area (Å²) in [5.74, 6) is 2.35. The van der Waals surface area contributed by atoms with Gasteiger partial charge in [-0.15, -0.1) is 0 Å². The van der Waals surface area contributed by atoms with Crippen LogP contribution in [0.3, 0.4) is 0 Å². The second kappa shape index (κ2) is 4.62. The molecule has 20 heavy (non-hydrogen) atoms. The Morgan fingerprint density at radius 3 is 2.70 bits per heavy atom. The third kappa shape index (κ3) is 1.91. The summed E-state index contributed by atoms with van der Waals surface area (Å²) in [6, 6.07) is 5.93. The zero-order valence-corrected chi connectivity index (χ0v) is 12.6. The molecule has 0 saturated carbocycles. The van der Waals surface area contributed by atoms with E-state index in [0.29, 0.717) is 13.2 Å². The topological polar surface area (TPSA) is 49.2 Å². The van der Waals surface area contributed by atoms with Crippen LogP contribution in [0, 0.1) is 3.57 Å². The summed E-state index contributed by atoms with van der Waals surface area (Å²) in [4.78, 5) is 4.44. The first-order chi connectivity index (χ1) is 9.81. The van der Waals surface area contributed by atoms with Gasteiger partial charge in [0.1, 0.15) is 13.2 Å². The Hall–Kier alpha value is -1.83. The summed E-state index contributed by atoms with van der Waals surface area (Å²) < 4.78 is 14.1. The highest BCUT2D eigenvalue weighted by Gasteiger charge is 2.15. The molecule has 0 fully saturated rings. The van der Waals surface area contributed by atoms with Gasteiger partial charge in [0, 0.05) is 17.8 Å². The summed E-state index contributed by atoms with van der Waals surface area (Å²) in [6.45, 7) is 1.17. The van der Waals surface area contributed by atoms with Crippen molar-refractivity contribution in [1.82, 2.24) is 14.8 Å². The van der Waals surface area contributed by atoms with E-state index in [-0.39, 0.29) is 0 Å². The molecule has 0 bridgehead atoms. The fourth-order valence-electron chi connectivity index (χ4n) is 2.29. The molecule has 1 aliphatic heterocycles. The van der Waals surface area contributed by atoms with Gasteiger partial charge in [0.2, 0.25) is 0 Å². The van der Waals surface area contributed by atoms with Crippen LogP contribution in [-0.4, -0.2) is 28.0 Å². The van der Waals surface area contributed by atoms with Gasteiger partial charge >= 0.3 is 0 Å². The quantitative estimate of drug-likeness (QED) is 0.611. The fraction of sp³-hybridized carbons (Fsp3) is 0.143. The molecular weight excluding hydrogens is 369 g/mol. The normalized spacial score (nSPS) is 13.7. The van der Waals surface area contributed by atoms with Crippen molar-refractivity contribution in [3.63, 3.8) is 0 Å². The summed E-state index contributed by atoms with van der Waals surface area (Å²) in [6.07, 6.45) is 5.53. The zero-order chi connectivity index (χ0) is 13.5. The van der Waals surface area contributed by atoms with E-state index in [0.717, 1.165) is 31.7 Å². The van der Waals surface area contributed by atoms with Crippen molar-refractivity contribution >= 4 is 33.4 Å². The van der Waals surface area contributed by atoms with Gasteiger partial charge < -0.3 is 9.47 Å². The second-order valence-corrected chi connectivity index (χ2v) is 5.70. The van der Waals surface area contributed by atoms with Crippen LogP contribution in [0.2, 0.25) is 0 Å². The number of pyridine rings is 1. The molecule has 0 N–H and O–H groups in total. The minimum atomic E-state index is 0.577. The lowest BCUT2D eigenvalue weighted by molar-refractivity contribution is 0.172. The lowest BCUT2D eigenvalue weighted by atomic mass is 10.1. The minimum absolute atomic E-state index is 0.577. The third-order valence-corrected chi connectivity index (χ3v) is 3.73. The molecule has 100 valence electrons. The monoisotopic (exact) mass is 379 g/mol. The Labute approximate surface area is 128 Å². The lowest BCUT2D eigenvalue weighted by Gasteiger charge is -2.19. The first-order valence-electron chi connectivity index (χ1n) is 6.20. The second-order valence-electron chi connectivity index (χ2n) is 4.45. The highest BCUT2D eigenvalue weighted by molar-refractivity contribution is 14.1. The van der Waals surface area contributed by atoms with Gasteiger partial charge in [0.15, 0.2) is 17.3 Å². The van der Waals surface area contributed by atoms with Gasteiger partial charge in [-0.1, -0.05) is 0 Å². The molecule has 4 rings (SSSR count). The van der Waals surface area contributed by atoms with E-state index in [4.69, 9.17) is 9.47 Å². The Bertz CT molecular complexity index is 800. The number of hydrogen-bond donors (Lipinski definition) is 0. The van der Waals surface area contributed by atoms with Crippen molar-refractivity contribution in [3.8, 4) is 17.3 Å². The molecular formula is C14H10IN3O2. The van der Waals surface area contributed by atoms with E-state index in [1.807, 2.05) is 24.4 Å². The Morgan fingerprint density at radius 2 is 1.95 bits per heavy atom. The van der Waals surface area contributed by atoms with Crippen molar-refractivity contribution in [2.75, 3.05) is 13.2 Å². The molecule has 6 heteroatoms. The number of aromatic nitrogens is 3. The first-order valence-corrected chi connectivity index (χ1v) is 7.28. The SMILES string of the molecule is Ic1cnn(-c2nccc3cc4c(cc23)OCCO4)c1. The molecule has 0 saturated heterocycles. The highest BCUT2D eigenvalue weighted by Crippen LogP contribution is 2.35. The van der Waals surface area contributed by atoms with Crippen molar-refractivity contribution in [2.24, 2.45) is 0 Å². The third-order valence-electron chi connectivity index (χ3n) is 3.17. The number of rotatable bonds is 1. The van der Waals surface area contributed by atoms with Crippen molar-refractivity contribution in [3.05, 3.63) is 40.4 Å². The number of fused-ring (bicyclic) bond motifs is 2. The van der Waals surface area contributed by atoms with E-state index in [2.05, 4.69) is 32.7 Å². The lowest BCUT2D eigenvalue weighted by Crippen LogP contribution is -2.15. The number of halogens is 1. The van der Waals surface area contributed by atoms with Gasteiger partial charge in [0.05, 0.1) is 9.77 Å². The van der Waals surface area contributed by atoms with Gasteiger partial charge in [0.25, 0.3) is 0 Å². The number of nitrogens with zero attached hydrogens (tertiary/aromatic N) is 3. The van der Waals surface area contributed by atoms with Gasteiger partial charge in [-0.05, 0) is 46.2 Å². The summed E-state index contributed by atoms with van der Waals surface area (Å²) >= 11 is 2.23. The molecule has 0 aliphatic carbocycles. The van der Waals surface area contributed by atoms with Crippen molar-refractivity contribution < 1.29 is 9.47 Å².